The number of aryl methyl sites for hydroxylation is 1. The average molecular weight is 315 g/mol. The molecule has 3 rings (SSSR count). The summed E-state index contributed by atoms with van der Waals surface area (Å²) in [5.41, 5.74) is 0.469. The second-order valence-corrected chi connectivity index (χ2v) is 5.91. The van der Waals surface area contributed by atoms with Gasteiger partial charge in [-0.2, -0.15) is 0 Å². The van der Waals surface area contributed by atoms with Crippen LogP contribution in [0.5, 0.6) is 0 Å². The summed E-state index contributed by atoms with van der Waals surface area (Å²) in [6, 6.07) is 2.01. The van der Waals surface area contributed by atoms with Gasteiger partial charge in [0.2, 0.25) is 5.95 Å². The SMILES string of the molecule is Cc1cc(Nc2ncc(C(=O)NC3CCCCCC3)cn2)no1. The number of nitrogens with zero attached hydrogens (tertiary/aromatic N) is 3. The lowest BCUT2D eigenvalue weighted by atomic mass is 10.1. The van der Waals surface area contributed by atoms with Crippen LogP contribution in [0.25, 0.3) is 0 Å². The fourth-order valence-corrected chi connectivity index (χ4v) is 2.74. The zero-order valence-electron chi connectivity index (χ0n) is 13.2. The highest BCUT2D eigenvalue weighted by Crippen LogP contribution is 2.18. The number of carbonyl (C=O) groups is 1. The molecule has 0 unspecified atom stereocenters. The molecule has 7 heteroatoms. The van der Waals surface area contributed by atoms with Gasteiger partial charge in [0.25, 0.3) is 5.91 Å². The lowest BCUT2D eigenvalue weighted by Gasteiger charge is -2.15. The maximum Gasteiger partial charge on any atom is 0.254 e. The van der Waals surface area contributed by atoms with Gasteiger partial charge in [0, 0.05) is 24.5 Å². The zero-order valence-corrected chi connectivity index (χ0v) is 13.2. The summed E-state index contributed by atoms with van der Waals surface area (Å²) in [5.74, 6) is 1.51. The molecule has 7 nitrogen and oxygen atoms in total. The number of hydrogen-bond acceptors (Lipinski definition) is 6. The largest absolute Gasteiger partial charge is 0.360 e. The molecule has 0 spiro atoms. The molecule has 1 fully saturated rings. The average Bonchev–Trinajstić information content (AvgIpc) is 2.80. The Balaban J connectivity index is 1.58. The van der Waals surface area contributed by atoms with Crippen molar-refractivity contribution in [3.63, 3.8) is 0 Å². The van der Waals surface area contributed by atoms with E-state index in [1.54, 1.807) is 13.0 Å². The lowest BCUT2D eigenvalue weighted by Crippen LogP contribution is -2.34. The molecule has 2 aromatic rings. The first kappa shape index (κ1) is 15.5. The van der Waals surface area contributed by atoms with E-state index < -0.39 is 0 Å². The number of aromatic nitrogens is 3. The van der Waals surface area contributed by atoms with E-state index in [9.17, 15) is 4.79 Å². The summed E-state index contributed by atoms with van der Waals surface area (Å²) in [6.07, 6.45) is 10.0. The molecule has 0 radical (unpaired) electrons. The van der Waals surface area contributed by atoms with Crippen LogP contribution < -0.4 is 10.6 Å². The maximum absolute atomic E-state index is 12.3. The molecule has 122 valence electrons. The monoisotopic (exact) mass is 315 g/mol. The highest BCUT2D eigenvalue weighted by atomic mass is 16.5. The van der Waals surface area contributed by atoms with Crippen molar-refractivity contribution in [2.75, 3.05) is 5.32 Å². The van der Waals surface area contributed by atoms with Crippen LogP contribution >= 0.6 is 0 Å². The number of anilines is 2. The molecule has 0 aliphatic heterocycles. The highest BCUT2D eigenvalue weighted by Gasteiger charge is 2.16. The minimum Gasteiger partial charge on any atom is -0.360 e. The molecule has 1 amide bonds. The van der Waals surface area contributed by atoms with Gasteiger partial charge in [0.05, 0.1) is 5.56 Å². The third-order valence-electron chi connectivity index (χ3n) is 3.97. The van der Waals surface area contributed by atoms with Gasteiger partial charge >= 0.3 is 0 Å². The third-order valence-corrected chi connectivity index (χ3v) is 3.97. The van der Waals surface area contributed by atoms with Crippen LogP contribution in [0.3, 0.4) is 0 Å². The van der Waals surface area contributed by atoms with Crippen LogP contribution in [-0.2, 0) is 0 Å². The molecule has 2 heterocycles. The van der Waals surface area contributed by atoms with E-state index in [1.807, 2.05) is 0 Å². The van der Waals surface area contributed by atoms with Crippen molar-refractivity contribution in [1.82, 2.24) is 20.4 Å². The first-order valence-electron chi connectivity index (χ1n) is 8.04. The Morgan fingerprint density at radius 2 is 1.87 bits per heavy atom. The van der Waals surface area contributed by atoms with Crippen LogP contribution in [0.4, 0.5) is 11.8 Å². The van der Waals surface area contributed by atoms with E-state index in [1.165, 1.54) is 38.1 Å². The molecule has 0 aromatic carbocycles. The molecule has 0 saturated heterocycles. The van der Waals surface area contributed by atoms with Crippen LogP contribution in [-0.4, -0.2) is 27.1 Å². The Morgan fingerprint density at radius 1 is 1.17 bits per heavy atom. The number of amides is 1. The van der Waals surface area contributed by atoms with Crippen molar-refractivity contribution >= 4 is 17.7 Å². The Morgan fingerprint density at radius 3 is 2.48 bits per heavy atom. The van der Waals surface area contributed by atoms with Crippen LogP contribution in [0.1, 0.15) is 54.6 Å². The van der Waals surface area contributed by atoms with Crippen molar-refractivity contribution < 1.29 is 9.32 Å². The molecule has 1 aliphatic carbocycles. The predicted molar refractivity (Wildman–Crippen MR) is 85.5 cm³/mol. The van der Waals surface area contributed by atoms with Crippen LogP contribution in [0.2, 0.25) is 0 Å². The van der Waals surface area contributed by atoms with Gasteiger partial charge in [0.15, 0.2) is 5.82 Å². The summed E-state index contributed by atoms with van der Waals surface area (Å²) in [4.78, 5) is 20.6. The predicted octanol–water partition coefficient (Wildman–Crippen LogP) is 2.97. The lowest BCUT2D eigenvalue weighted by molar-refractivity contribution is 0.0932. The third kappa shape index (κ3) is 4.28. The zero-order chi connectivity index (χ0) is 16.1. The molecule has 2 aromatic heterocycles. The Bertz CT molecular complexity index is 645. The molecule has 0 bridgehead atoms. The second kappa shape index (κ2) is 7.21. The van der Waals surface area contributed by atoms with Gasteiger partial charge in [-0.25, -0.2) is 9.97 Å². The van der Waals surface area contributed by atoms with Gasteiger partial charge in [-0.1, -0.05) is 30.8 Å². The van der Waals surface area contributed by atoms with E-state index in [2.05, 4.69) is 25.8 Å². The molecular weight excluding hydrogens is 294 g/mol. The van der Waals surface area contributed by atoms with Crippen LogP contribution in [0.15, 0.2) is 23.0 Å². The number of hydrogen-bond donors (Lipinski definition) is 2. The first-order valence-corrected chi connectivity index (χ1v) is 8.04. The molecule has 0 atom stereocenters. The van der Waals surface area contributed by atoms with Crippen molar-refractivity contribution in [1.29, 1.82) is 0 Å². The molecule has 2 N–H and O–H groups in total. The molecule has 1 aliphatic rings. The van der Waals surface area contributed by atoms with Crippen molar-refractivity contribution in [3.8, 4) is 0 Å². The number of carbonyl (C=O) groups excluding carboxylic acids is 1. The van der Waals surface area contributed by atoms with Crippen molar-refractivity contribution in [2.45, 2.75) is 51.5 Å². The van der Waals surface area contributed by atoms with E-state index >= 15 is 0 Å². The van der Waals surface area contributed by atoms with Gasteiger partial charge in [-0.3, -0.25) is 4.79 Å². The van der Waals surface area contributed by atoms with E-state index in [0.29, 0.717) is 23.1 Å². The van der Waals surface area contributed by atoms with Gasteiger partial charge in [-0.05, 0) is 19.8 Å². The quantitative estimate of drug-likeness (QED) is 0.843. The Hall–Kier alpha value is -2.44. The maximum atomic E-state index is 12.3. The van der Waals surface area contributed by atoms with Crippen molar-refractivity contribution in [2.24, 2.45) is 0 Å². The summed E-state index contributed by atoms with van der Waals surface area (Å²) < 4.78 is 4.96. The Kier molecular flexibility index (Phi) is 4.85. The summed E-state index contributed by atoms with van der Waals surface area (Å²) in [7, 11) is 0. The fraction of sp³-hybridized carbons (Fsp3) is 0.500. The molecular formula is C16H21N5O2. The smallest absolute Gasteiger partial charge is 0.254 e. The minimum atomic E-state index is -0.110. The van der Waals surface area contributed by atoms with Gasteiger partial charge in [-0.15, -0.1) is 0 Å². The standard InChI is InChI=1S/C16H21N5O2/c1-11-8-14(21-23-11)20-16-17-9-12(10-18-16)15(22)19-13-6-4-2-3-5-7-13/h8-10,13H,2-7H2,1H3,(H,19,22)(H,17,18,20,21). The highest BCUT2D eigenvalue weighted by molar-refractivity contribution is 5.93. The summed E-state index contributed by atoms with van der Waals surface area (Å²) in [5, 5.41) is 9.81. The van der Waals surface area contributed by atoms with Gasteiger partial charge in [0.1, 0.15) is 5.76 Å². The fourth-order valence-electron chi connectivity index (χ4n) is 2.74. The van der Waals surface area contributed by atoms with E-state index in [4.69, 9.17) is 4.52 Å². The van der Waals surface area contributed by atoms with Gasteiger partial charge < -0.3 is 15.2 Å². The molecule has 23 heavy (non-hydrogen) atoms. The molecule has 1 saturated carbocycles. The normalized spacial score (nSPS) is 15.9. The van der Waals surface area contributed by atoms with Crippen LogP contribution in [0, 0.1) is 6.92 Å². The second-order valence-electron chi connectivity index (χ2n) is 5.91. The topological polar surface area (TPSA) is 92.9 Å². The number of nitrogens with one attached hydrogen (secondary N) is 2. The van der Waals surface area contributed by atoms with E-state index in [0.717, 1.165) is 12.8 Å². The minimum absolute atomic E-state index is 0.110. The van der Waals surface area contributed by atoms with E-state index in [-0.39, 0.29) is 11.9 Å². The summed E-state index contributed by atoms with van der Waals surface area (Å²) in [6.45, 7) is 1.81. The Labute approximate surface area is 134 Å². The first-order chi connectivity index (χ1) is 11.2. The summed E-state index contributed by atoms with van der Waals surface area (Å²) >= 11 is 0. The number of rotatable bonds is 4. The van der Waals surface area contributed by atoms with Crippen molar-refractivity contribution in [3.05, 3.63) is 29.8 Å².